The molecule has 5 heteroatoms. The van der Waals surface area contributed by atoms with Crippen LogP contribution >= 0.6 is 0 Å². The van der Waals surface area contributed by atoms with Gasteiger partial charge in [0.2, 0.25) is 5.91 Å². The Bertz CT molecular complexity index is 607. The topological polar surface area (TPSA) is 78.0 Å². The monoisotopic (exact) mass is 289 g/mol. The van der Waals surface area contributed by atoms with Crippen LogP contribution in [0.15, 0.2) is 18.2 Å². The first-order chi connectivity index (χ1) is 10.1. The minimum Gasteiger partial charge on any atom is -0.396 e. The lowest BCUT2D eigenvalue weighted by Crippen LogP contribution is -2.35. The highest BCUT2D eigenvalue weighted by molar-refractivity contribution is 5.79. The van der Waals surface area contributed by atoms with Gasteiger partial charge < -0.3 is 15.4 Å². The Morgan fingerprint density at radius 3 is 2.95 bits per heavy atom. The second kappa shape index (κ2) is 7.22. The maximum atomic E-state index is 11.9. The number of aliphatic hydroxyl groups is 1. The molecule has 1 aromatic heterocycles. The second-order valence-corrected chi connectivity index (χ2v) is 5.34. The highest BCUT2D eigenvalue weighted by Crippen LogP contribution is 2.16. The first kappa shape index (κ1) is 15.5. The minimum atomic E-state index is 0.00692. The van der Waals surface area contributed by atoms with Gasteiger partial charge >= 0.3 is 0 Å². The number of aliphatic hydroxyl groups excluding tert-OH is 1. The highest BCUT2D eigenvalue weighted by atomic mass is 16.3. The fraction of sp³-hybridized carbons (Fsp3) is 0.500. The van der Waals surface area contributed by atoms with Crippen LogP contribution in [0.4, 0.5) is 0 Å². The molecule has 2 rings (SSSR count). The molecule has 114 valence electrons. The number of aromatic amines is 1. The van der Waals surface area contributed by atoms with E-state index in [-0.39, 0.29) is 18.6 Å². The molecule has 21 heavy (non-hydrogen) atoms. The Balaban J connectivity index is 1.92. The van der Waals surface area contributed by atoms with E-state index in [1.807, 2.05) is 32.0 Å². The fourth-order valence-electron chi connectivity index (χ4n) is 2.41. The van der Waals surface area contributed by atoms with Gasteiger partial charge in [0.1, 0.15) is 5.82 Å². The maximum absolute atomic E-state index is 11.9. The van der Waals surface area contributed by atoms with E-state index in [4.69, 9.17) is 5.11 Å². The lowest BCUT2D eigenvalue weighted by molar-refractivity contribution is -0.121. The summed E-state index contributed by atoms with van der Waals surface area (Å²) in [7, 11) is 0. The van der Waals surface area contributed by atoms with Crippen molar-refractivity contribution in [3.63, 3.8) is 0 Å². The zero-order valence-electron chi connectivity index (χ0n) is 12.6. The molecule has 0 saturated heterocycles. The molecule has 1 atom stereocenters. The Morgan fingerprint density at radius 2 is 2.29 bits per heavy atom. The largest absolute Gasteiger partial charge is 0.396 e. The van der Waals surface area contributed by atoms with Gasteiger partial charge in [-0.05, 0) is 31.4 Å². The number of imidazole rings is 1. The molecular weight excluding hydrogens is 266 g/mol. The van der Waals surface area contributed by atoms with Crippen LogP contribution in [-0.2, 0) is 11.2 Å². The van der Waals surface area contributed by atoms with Gasteiger partial charge in [-0.3, -0.25) is 4.79 Å². The molecule has 0 saturated carbocycles. The summed E-state index contributed by atoms with van der Waals surface area (Å²) in [6.07, 6.45) is 2.43. The summed E-state index contributed by atoms with van der Waals surface area (Å²) in [6.45, 7) is 4.13. The number of amides is 1. The zero-order chi connectivity index (χ0) is 15.2. The predicted molar refractivity (Wildman–Crippen MR) is 83.1 cm³/mol. The molecule has 2 aromatic rings. The molecule has 3 N–H and O–H groups in total. The van der Waals surface area contributed by atoms with E-state index in [2.05, 4.69) is 15.3 Å². The molecule has 0 aliphatic carbocycles. The Kier molecular flexibility index (Phi) is 5.33. The molecule has 1 amide bonds. The van der Waals surface area contributed by atoms with Gasteiger partial charge in [0.05, 0.1) is 11.0 Å². The average Bonchev–Trinajstić information content (AvgIpc) is 2.89. The maximum Gasteiger partial charge on any atom is 0.220 e. The van der Waals surface area contributed by atoms with E-state index in [0.717, 1.165) is 28.8 Å². The molecule has 0 radical (unpaired) electrons. The number of fused-ring (bicyclic) bond motifs is 1. The molecule has 5 nitrogen and oxygen atoms in total. The van der Waals surface area contributed by atoms with Gasteiger partial charge in [-0.25, -0.2) is 4.98 Å². The van der Waals surface area contributed by atoms with Crippen LogP contribution in [0.3, 0.4) is 0 Å². The van der Waals surface area contributed by atoms with E-state index < -0.39 is 0 Å². The third kappa shape index (κ3) is 4.04. The number of aromatic nitrogens is 2. The highest BCUT2D eigenvalue weighted by Gasteiger charge is 2.11. The van der Waals surface area contributed by atoms with E-state index in [1.165, 1.54) is 0 Å². The molecule has 0 spiro atoms. The van der Waals surface area contributed by atoms with Crippen molar-refractivity contribution in [1.82, 2.24) is 15.3 Å². The number of hydrogen-bond acceptors (Lipinski definition) is 3. The quantitative estimate of drug-likeness (QED) is 0.730. The molecule has 0 aliphatic rings. The first-order valence-corrected chi connectivity index (χ1v) is 7.48. The molecule has 1 heterocycles. The average molecular weight is 289 g/mol. The number of nitrogens with one attached hydrogen (secondary N) is 2. The summed E-state index contributed by atoms with van der Waals surface area (Å²) < 4.78 is 0. The van der Waals surface area contributed by atoms with Crippen molar-refractivity contribution in [3.05, 3.63) is 29.6 Å². The number of aryl methyl sites for hydroxylation is 2. The summed E-state index contributed by atoms with van der Waals surface area (Å²) in [6, 6.07) is 6.07. The summed E-state index contributed by atoms with van der Waals surface area (Å²) >= 11 is 0. The number of hydrogen-bond donors (Lipinski definition) is 3. The number of rotatable bonds is 7. The smallest absolute Gasteiger partial charge is 0.220 e. The van der Waals surface area contributed by atoms with E-state index in [0.29, 0.717) is 19.3 Å². The summed E-state index contributed by atoms with van der Waals surface area (Å²) in [5.74, 6) is 0.845. The summed E-state index contributed by atoms with van der Waals surface area (Å²) in [5, 5.41) is 11.9. The van der Waals surface area contributed by atoms with Gasteiger partial charge in [0, 0.05) is 25.5 Å². The van der Waals surface area contributed by atoms with Crippen molar-refractivity contribution in [3.8, 4) is 0 Å². The lowest BCUT2D eigenvalue weighted by atomic mass is 10.1. The van der Waals surface area contributed by atoms with Crippen molar-refractivity contribution in [2.24, 2.45) is 0 Å². The van der Waals surface area contributed by atoms with Crippen molar-refractivity contribution >= 4 is 16.9 Å². The number of carbonyl (C=O) groups excluding carboxylic acids is 1. The van der Waals surface area contributed by atoms with Crippen LogP contribution in [0.1, 0.15) is 37.6 Å². The Morgan fingerprint density at radius 1 is 1.48 bits per heavy atom. The number of H-pyrrole nitrogens is 1. The number of benzene rings is 1. The predicted octanol–water partition coefficient (Wildman–Crippen LogP) is 2.08. The minimum absolute atomic E-state index is 0.00692. The van der Waals surface area contributed by atoms with Crippen LogP contribution < -0.4 is 5.32 Å². The summed E-state index contributed by atoms with van der Waals surface area (Å²) in [5.41, 5.74) is 3.12. The fourth-order valence-corrected chi connectivity index (χ4v) is 2.41. The second-order valence-electron chi connectivity index (χ2n) is 5.34. The van der Waals surface area contributed by atoms with Crippen LogP contribution in [0.25, 0.3) is 11.0 Å². The van der Waals surface area contributed by atoms with Crippen LogP contribution in [-0.4, -0.2) is 33.6 Å². The molecule has 0 aliphatic heterocycles. The zero-order valence-corrected chi connectivity index (χ0v) is 12.6. The van der Waals surface area contributed by atoms with Gasteiger partial charge in [0.15, 0.2) is 0 Å². The van der Waals surface area contributed by atoms with Gasteiger partial charge in [0.25, 0.3) is 0 Å². The van der Waals surface area contributed by atoms with Gasteiger partial charge in [-0.15, -0.1) is 0 Å². The third-order valence-corrected chi connectivity index (χ3v) is 3.69. The SMILES string of the molecule is CCC(CCO)NC(=O)CCc1nc2c(C)cccc2[nH]1. The standard InChI is InChI=1S/C16H23N3O2/c1-3-12(9-10-20)17-15(21)8-7-14-18-13-6-4-5-11(2)16(13)19-14/h4-6,12,20H,3,7-10H2,1-2H3,(H,17,21)(H,18,19). The molecule has 1 unspecified atom stereocenters. The number of para-hydroxylation sites is 1. The Hall–Kier alpha value is -1.88. The van der Waals surface area contributed by atoms with Crippen molar-refractivity contribution in [2.75, 3.05) is 6.61 Å². The third-order valence-electron chi connectivity index (χ3n) is 3.69. The van der Waals surface area contributed by atoms with Crippen molar-refractivity contribution in [1.29, 1.82) is 0 Å². The van der Waals surface area contributed by atoms with E-state index in [9.17, 15) is 4.79 Å². The number of carbonyl (C=O) groups is 1. The molecule has 0 bridgehead atoms. The Labute approximate surface area is 124 Å². The molecule has 0 fully saturated rings. The van der Waals surface area contributed by atoms with Gasteiger partial charge in [-0.2, -0.15) is 0 Å². The van der Waals surface area contributed by atoms with Crippen molar-refractivity contribution < 1.29 is 9.90 Å². The molecular formula is C16H23N3O2. The van der Waals surface area contributed by atoms with Gasteiger partial charge in [-0.1, -0.05) is 19.1 Å². The van der Waals surface area contributed by atoms with E-state index >= 15 is 0 Å². The van der Waals surface area contributed by atoms with Crippen LogP contribution in [0.2, 0.25) is 0 Å². The summed E-state index contributed by atoms with van der Waals surface area (Å²) in [4.78, 5) is 19.7. The van der Waals surface area contributed by atoms with Crippen LogP contribution in [0.5, 0.6) is 0 Å². The van der Waals surface area contributed by atoms with Crippen molar-refractivity contribution in [2.45, 2.75) is 45.6 Å². The first-order valence-electron chi connectivity index (χ1n) is 7.48. The number of nitrogens with zero attached hydrogens (tertiary/aromatic N) is 1. The lowest BCUT2D eigenvalue weighted by Gasteiger charge is -2.15. The van der Waals surface area contributed by atoms with Crippen LogP contribution in [0, 0.1) is 6.92 Å². The molecule has 1 aromatic carbocycles. The normalized spacial score (nSPS) is 12.5. The van der Waals surface area contributed by atoms with E-state index in [1.54, 1.807) is 0 Å².